The molecule has 0 radical (unpaired) electrons. The lowest BCUT2D eigenvalue weighted by Gasteiger charge is -2.00. The van der Waals surface area contributed by atoms with Crippen LogP contribution < -0.4 is 5.32 Å². The Morgan fingerprint density at radius 3 is 2.78 bits per heavy atom. The molecule has 1 saturated heterocycles. The number of carbonyl (C=O) groups is 1. The lowest BCUT2D eigenvalue weighted by atomic mass is 10.1. The highest BCUT2D eigenvalue weighted by atomic mass is 32.2. The molecule has 1 fully saturated rings. The van der Waals surface area contributed by atoms with E-state index in [0.717, 1.165) is 11.8 Å². The van der Waals surface area contributed by atoms with Gasteiger partial charge in [-0.2, -0.15) is 0 Å². The van der Waals surface area contributed by atoms with Crippen molar-refractivity contribution >= 4 is 46.0 Å². The van der Waals surface area contributed by atoms with E-state index in [9.17, 15) is 14.9 Å². The van der Waals surface area contributed by atoms with Crippen LogP contribution in [0.25, 0.3) is 17.4 Å². The van der Waals surface area contributed by atoms with Gasteiger partial charge in [0.25, 0.3) is 11.6 Å². The van der Waals surface area contributed by atoms with Gasteiger partial charge in [0.05, 0.1) is 9.83 Å². The van der Waals surface area contributed by atoms with E-state index in [1.165, 1.54) is 6.07 Å². The van der Waals surface area contributed by atoms with Crippen molar-refractivity contribution in [2.45, 2.75) is 6.92 Å². The summed E-state index contributed by atoms with van der Waals surface area (Å²) in [6.45, 7) is 1.68. The fourth-order valence-electron chi connectivity index (χ4n) is 2.10. The van der Waals surface area contributed by atoms with E-state index in [4.69, 9.17) is 16.6 Å². The van der Waals surface area contributed by atoms with Crippen LogP contribution in [-0.2, 0) is 4.79 Å². The van der Waals surface area contributed by atoms with Crippen molar-refractivity contribution < 1.29 is 14.1 Å². The van der Waals surface area contributed by atoms with Crippen molar-refractivity contribution in [2.24, 2.45) is 0 Å². The van der Waals surface area contributed by atoms with E-state index in [1.807, 2.05) is 0 Å². The maximum atomic E-state index is 11.6. The second kappa shape index (κ2) is 5.98. The average molecular weight is 346 g/mol. The molecule has 2 aromatic rings. The molecule has 0 bridgehead atoms. The molecule has 116 valence electrons. The summed E-state index contributed by atoms with van der Waals surface area (Å²) in [5, 5.41) is 13.5. The van der Waals surface area contributed by atoms with E-state index in [2.05, 4.69) is 5.32 Å². The third kappa shape index (κ3) is 3.17. The number of hydrogen-bond donors (Lipinski definition) is 1. The third-order valence-corrected chi connectivity index (χ3v) is 4.40. The number of nitro benzene ring substituents is 1. The zero-order valence-corrected chi connectivity index (χ0v) is 13.5. The first-order valence-corrected chi connectivity index (χ1v) is 7.76. The Bertz CT molecular complexity index is 870. The van der Waals surface area contributed by atoms with Gasteiger partial charge in [-0.25, -0.2) is 0 Å². The monoisotopic (exact) mass is 346 g/mol. The molecule has 1 N–H and O–H groups in total. The molecule has 6 nitrogen and oxygen atoms in total. The molecule has 0 spiro atoms. The lowest BCUT2D eigenvalue weighted by Crippen LogP contribution is -2.17. The number of rotatable bonds is 3. The molecular formula is C15H10N2O4S2. The van der Waals surface area contributed by atoms with Gasteiger partial charge in [-0.1, -0.05) is 36.1 Å². The van der Waals surface area contributed by atoms with E-state index in [-0.39, 0.29) is 11.6 Å². The number of nitro groups is 1. The maximum Gasteiger partial charge on any atom is 0.273 e. The van der Waals surface area contributed by atoms with Crippen LogP contribution in [-0.4, -0.2) is 15.2 Å². The Kier molecular flexibility index (Phi) is 4.01. The second-order valence-electron chi connectivity index (χ2n) is 4.81. The summed E-state index contributed by atoms with van der Waals surface area (Å²) in [4.78, 5) is 22.7. The minimum atomic E-state index is -0.425. The van der Waals surface area contributed by atoms with Crippen LogP contribution in [0.3, 0.4) is 0 Å². The summed E-state index contributed by atoms with van der Waals surface area (Å²) < 4.78 is 6.06. The summed E-state index contributed by atoms with van der Waals surface area (Å²) in [6.07, 6.45) is 1.59. The van der Waals surface area contributed by atoms with E-state index >= 15 is 0 Å². The molecule has 1 aliphatic rings. The highest BCUT2D eigenvalue weighted by molar-refractivity contribution is 8.26. The van der Waals surface area contributed by atoms with Crippen LogP contribution in [0.5, 0.6) is 0 Å². The van der Waals surface area contributed by atoms with E-state index < -0.39 is 4.92 Å². The standard InChI is InChI=1S/C15H10N2O4S2/c1-8-2-3-9(6-11(8)17(19)20)12-5-4-10(21-12)7-13-14(18)16-15(22)23-13/h2-7H,1H3,(H,16,18,22)/b13-7-. The Labute approximate surface area is 140 Å². The molecule has 0 atom stereocenters. The number of nitrogens with zero attached hydrogens (tertiary/aromatic N) is 1. The van der Waals surface area contributed by atoms with Gasteiger partial charge >= 0.3 is 0 Å². The fraction of sp³-hybridized carbons (Fsp3) is 0.0667. The lowest BCUT2D eigenvalue weighted by molar-refractivity contribution is -0.385. The van der Waals surface area contributed by atoms with Crippen molar-refractivity contribution in [1.29, 1.82) is 0 Å². The SMILES string of the molecule is Cc1ccc(-c2ccc(/C=C3\SC(=S)NC3=O)o2)cc1[N+](=O)[O-]. The van der Waals surface area contributed by atoms with Crippen LogP contribution in [0.2, 0.25) is 0 Å². The van der Waals surface area contributed by atoms with Gasteiger partial charge in [0, 0.05) is 23.3 Å². The van der Waals surface area contributed by atoms with Gasteiger partial charge in [-0.15, -0.1) is 0 Å². The number of aryl methyl sites for hydroxylation is 1. The van der Waals surface area contributed by atoms with Crippen LogP contribution in [0, 0.1) is 17.0 Å². The molecule has 1 aromatic heterocycles. The summed E-state index contributed by atoms with van der Waals surface area (Å²) in [5.41, 5.74) is 1.22. The number of amides is 1. The molecular weight excluding hydrogens is 336 g/mol. The Hall–Kier alpha value is -2.45. The molecule has 1 aliphatic heterocycles. The summed E-state index contributed by atoms with van der Waals surface area (Å²) in [7, 11) is 0. The van der Waals surface area contributed by atoms with Gasteiger partial charge in [-0.05, 0) is 19.1 Å². The Morgan fingerprint density at radius 1 is 1.35 bits per heavy atom. The third-order valence-electron chi connectivity index (χ3n) is 3.23. The highest BCUT2D eigenvalue weighted by Gasteiger charge is 2.22. The molecule has 8 heteroatoms. The first-order valence-electron chi connectivity index (χ1n) is 6.54. The molecule has 0 unspecified atom stereocenters. The smallest absolute Gasteiger partial charge is 0.273 e. The largest absolute Gasteiger partial charge is 0.457 e. The van der Waals surface area contributed by atoms with E-state index in [0.29, 0.717) is 31.9 Å². The van der Waals surface area contributed by atoms with Crippen LogP contribution in [0.1, 0.15) is 11.3 Å². The Balaban J connectivity index is 1.92. The number of benzene rings is 1. The van der Waals surface area contributed by atoms with Crippen molar-refractivity contribution in [2.75, 3.05) is 0 Å². The van der Waals surface area contributed by atoms with Crippen LogP contribution in [0.4, 0.5) is 5.69 Å². The predicted octanol–water partition coefficient (Wildman–Crippen LogP) is 3.65. The minimum absolute atomic E-state index is 0.0369. The van der Waals surface area contributed by atoms with Crippen molar-refractivity contribution in [1.82, 2.24) is 5.32 Å². The number of thioether (sulfide) groups is 1. The van der Waals surface area contributed by atoms with Gasteiger partial charge in [0.15, 0.2) is 0 Å². The molecule has 23 heavy (non-hydrogen) atoms. The summed E-state index contributed by atoms with van der Waals surface area (Å²) in [5.74, 6) is 0.709. The second-order valence-corrected chi connectivity index (χ2v) is 6.53. The summed E-state index contributed by atoms with van der Waals surface area (Å²) >= 11 is 6.08. The fourth-order valence-corrected chi connectivity index (χ4v) is 3.12. The topological polar surface area (TPSA) is 85.4 Å². The van der Waals surface area contributed by atoms with Crippen molar-refractivity contribution in [3.8, 4) is 11.3 Å². The first-order chi connectivity index (χ1) is 10.9. The maximum absolute atomic E-state index is 11.6. The zero-order chi connectivity index (χ0) is 16.6. The first kappa shape index (κ1) is 15.4. The molecule has 0 aliphatic carbocycles. The quantitative estimate of drug-likeness (QED) is 0.395. The Morgan fingerprint density at radius 2 is 2.13 bits per heavy atom. The number of nitrogens with one attached hydrogen (secondary N) is 1. The predicted molar refractivity (Wildman–Crippen MR) is 91.8 cm³/mol. The van der Waals surface area contributed by atoms with E-state index in [1.54, 1.807) is 37.3 Å². The number of thiocarbonyl (C=S) groups is 1. The zero-order valence-electron chi connectivity index (χ0n) is 11.9. The van der Waals surface area contributed by atoms with Gasteiger partial charge in [-0.3, -0.25) is 14.9 Å². The number of furan rings is 1. The minimum Gasteiger partial charge on any atom is -0.457 e. The summed E-state index contributed by atoms with van der Waals surface area (Å²) in [6, 6.07) is 8.30. The van der Waals surface area contributed by atoms with Gasteiger partial charge in [0.1, 0.15) is 15.8 Å². The van der Waals surface area contributed by atoms with Gasteiger partial charge in [0.2, 0.25) is 0 Å². The number of hydrogen-bond acceptors (Lipinski definition) is 6. The van der Waals surface area contributed by atoms with Crippen molar-refractivity contribution in [3.63, 3.8) is 0 Å². The molecule has 1 aromatic carbocycles. The van der Waals surface area contributed by atoms with Crippen LogP contribution >= 0.6 is 24.0 Å². The molecule has 1 amide bonds. The van der Waals surface area contributed by atoms with Gasteiger partial charge < -0.3 is 9.73 Å². The highest BCUT2D eigenvalue weighted by Crippen LogP contribution is 2.30. The average Bonchev–Trinajstić information content (AvgIpc) is 3.06. The molecule has 2 heterocycles. The number of carbonyl (C=O) groups excluding carboxylic acids is 1. The molecule has 3 rings (SSSR count). The molecule has 0 saturated carbocycles. The van der Waals surface area contributed by atoms with Crippen molar-refractivity contribution in [3.05, 3.63) is 56.7 Å². The normalized spacial score (nSPS) is 16.0. The van der Waals surface area contributed by atoms with Crippen LogP contribution in [0.15, 0.2) is 39.7 Å².